The van der Waals surface area contributed by atoms with Gasteiger partial charge in [-0.1, -0.05) is 5.21 Å². The summed E-state index contributed by atoms with van der Waals surface area (Å²) >= 11 is 0. The lowest BCUT2D eigenvalue weighted by Crippen LogP contribution is -2.35. The van der Waals surface area contributed by atoms with E-state index in [4.69, 9.17) is 14.5 Å². The quantitative estimate of drug-likeness (QED) is 0.247. The predicted molar refractivity (Wildman–Crippen MR) is 155 cm³/mol. The Hall–Kier alpha value is -4.64. The second-order valence-corrected chi connectivity index (χ2v) is 11.7. The second kappa shape index (κ2) is 9.98. The Morgan fingerprint density at radius 3 is 2.72 bits per heavy atom. The minimum Gasteiger partial charge on any atom is -0.494 e. The van der Waals surface area contributed by atoms with Crippen LogP contribution in [0.1, 0.15) is 54.2 Å². The Bertz CT molecular complexity index is 1850. The molecule has 0 amide bonds. The third-order valence-electron chi connectivity index (χ3n) is 8.76. The lowest BCUT2D eigenvalue weighted by molar-refractivity contribution is -0.00118. The van der Waals surface area contributed by atoms with Crippen LogP contribution < -0.4 is 9.47 Å². The minimum absolute atomic E-state index is 0.0535. The number of halogens is 1. The van der Waals surface area contributed by atoms with Crippen LogP contribution in [-0.4, -0.2) is 54.4 Å². The number of nitrogens with zero attached hydrogens (tertiary/aromatic N) is 6. The summed E-state index contributed by atoms with van der Waals surface area (Å²) in [7, 11) is 3.37. The summed E-state index contributed by atoms with van der Waals surface area (Å²) in [5.74, 6) is 0.551. The van der Waals surface area contributed by atoms with Crippen molar-refractivity contribution in [3.05, 3.63) is 83.7 Å². The van der Waals surface area contributed by atoms with E-state index >= 15 is 0 Å². The van der Waals surface area contributed by atoms with E-state index in [-0.39, 0.29) is 37.0 Å². The van der Waals surface area contributed by atoms with Crippen LogP contribution in [0.2, 0.25) is 0 Å². The minimum atomic E-state index is -1.37. The molecule has 2 aromatic carbocycles. The first kappa shape index (κ1) is 27.2. The first-order chi connectivity index (χ1) is 20.7. The molecule has 1 aliphatic carbocycles. The van der Waals surface area contributed by atoms with E-state index in [0.717, 1.165) is 23.8 Å². The number of carbonyl (C=O) groups excluding carboxylic acids is 1. The monoisotopic (exact) mass is 582 g/mol. The molecule has 3 aromatic heterocycles. The molecule has 5 aromatic rings. The van der Waals surface area contributed by atoms with E-state index in [9.17, 15) is 14.3 Å². The summed E-state index contributed by atoms with van der Waals surface area (Å²) in [4.78, 5) is 18.5. The van der Waals surface area contributed by atoms with Crippen molar-refractivity contribution in [3.8, 4) is 22.8 Å². The SMILES string of the molecule is COc1cc(C(=O)CC[C@](O)(c2cc3c(c(-c4ccc(F)cc4)n2)OC[C@]3(C)n2ccnn2)C2CC2)cc2cn(C)nc12. The fraction of sp³-hybridized carbons (Fsp3) is 0.344. The number of hydrogen-bond donors (Lipinski definition) is 1. The van der Waals surface area contributed by atoms with Gasteiger partial charge in [-0.25, -0.2) is 14.1 Å². The molecular weight excluding hydrogens is 551 g/mol. The molecule has 0 unspecified atom stereocenters. The van der Waals surface area contributed by atoms with Crippen molar-refractivity contribution in [2.24, 2.45) is 13.0 Å². The van der Waals surface area contributed by atoms with Gasteiger partial charge < -0.3 is 14.6 Å². The molecule has 10 nitrogen and oxygen atoms in total. The molecule has 7 rings (SSSR count). The smallest absolute Gasteiger partial charge is 0.163 e. The number of Topliss-reactive ketones (excluding diaryl/α,β-unsaturated/α-hetero) is 1. The van der Waals surface area contributed by atoms with Crippen LogP contribution in [0.3, 0.4) is 0 Å². The van der Waals surface area contributed by atoms with Crippen LogP contribution in [0.5, 0.6) is 11.5 Å². The van der Waals surface area contributed by atoms with Crippen LogP contribution >= 0.6 is 0 Å². The molecule has 0 saturated heterocycles. The molecule has 1 saturated carbocycles. The average Bonchev–Trinajstić information content (AvgIpc) is 3.41. The number of aryl methyl sites for hydroxylation is 1. The molecule has 0 spiro atoms. The molecule has 1 fully saturated rings. The standard InChI is InChI=1S/C32H31FN6O4/c1-31(39-13-12-34-37-39)18-43-30-24(31)16-27(35-29(30)19-4-8-23(33)9-5-19)32(41,22-6-7-22)11-10-25(40)20-14-21-17-38(2)36-28(21)26(15-20)42-3/h4-5,8-9,12-17,22,41H,6-7,10-11,18H2,1-3H3/t31-,32+/m0/s1. The molecule has 2 aliphatic rings. The van der Waals surface area contributed by atoms with Gasteiger partial charge in [-0.05, 0) is 74.6 Å². The largest absolute Gasteiger partial charge is 0.494 e. The number of aliphatic hydroxyl groups is 1. The summed E-state index contributed by atoms with van der Waals surface area (Å²) in [6, 6.07) is 11.4. The van der Waals surface area contributed by atoms with Crippen molar-refractivity contribution in [1.82, 2.24) is 29.8 Å². The Morgan fingerprint density at radius 2 is 2.02 bits per heavy atom. The van der Waals surface area contributed by atoms with E-state index in [2.05, 4.69) is 15.4 Å². The van der Waals surface area contributed by atoms with Crippen molar-refractivity contribution in [2.75, 3.05) is 13.7 Å². The maximum Gasteiger partial charge on any atom is 0.163 e. The van der Waals surface area contributed by atoms with Gasteiger partial charge >= 0.3 is 0 Å². The van der Waals surface area contributed by atoms with E-state index in [1.54, 1.807) is 47.1 Å². The maximum atomic E-state index is 13.9. The van der Waals surface area contributed by atoms with Crippen molar-refractivity contribution in [1.29, 1.82) is 0 Å². The summed E-state index contributed by atoms with van der Waals surface area (Å²) < 4.78 is 29.0. The lowest BCUT2D eigenvalue weighted by Gasteiger charge is -2.30. The highest BCUT2D eigenvalue weighted by Gasteiger charge is 2.49. The molecular formula is C32H31FN6O4. The molecule has 11 heteroatoms. The van der Waals surface area contributed by atoms with Gasteiger partial charge in [-0.15, -0.1) is 5.10 Å². The van der Waals surface area contributed by atoms with Crippen LogP contribution in [0.25, 0.3) is 22.2 Å². The van der Waals surface area contributed by atoms with Gasteiger partial charge in [0.05, 0.1) is 19.0 Å². The van der Waals surface area contributed by atoms with E-state index in [1.807, 2.05) is 32.3 Å². The van der Waals surface area contributed by atoms with Crippen molar-refractivity contribution >= 4 is 16.7 Å². The van der Waals surface area contributed by atoms with Gasteiger partial charge in [0.2, 0.25) is 0 Å². The lowest BCUT2D eigenvalue weighted by atomic mass is 9.83. The zero-order valence-electron chi connectivity index (χ0n) is 24.1. The van der Waals surface area contributed by atoms with Crippen LogP contribution in [-0.2, 0) is 18.2 Å². The van der Waals surface area contributed by atoms with Gasteiger partial charge in [0.15, 0.2) is 11.5 Å². The fourth-order valence-corrected chi connectivity index (χ4v) is 6.15. The number of ketones is 1. The maximum absolute atomic E-state index is 13.9. The first-order valence-electron chi connectivity index (χ1n) is 14.3. The molecule has 0 bridgehead atoms. The van der Waals surface area contributed by atoms with Gasteiger partial charge in [0, 0.05) is 47.9 Å². The molecule has 43 heavy (non-hydrogen) atoms. The average molecular weight is 583 g/mol. The number of fused-ring (bicyclic) bond motifs is 2. The number of methoxy groups -OCH3 is 1. The zero-order valence-corrected chi connectivity index (χ0v) is 24.1. The zero-order chi connectivity index (χ0) is 29.9. The molecule has 4 heterocycles. The Balaban J connectivity index is 1.29. The highest BCUT2D eigenvalue weighted by molar-refractivity contribution is 6.01. The number of pyridine rings is 1. The molecule has 220 valence electrons. The summed E-state index contributed by atoms with van der Waals surface area (Å²) in [5.41, 5.74) is 1.52. The molecule has 0 radical (unpaired) electrons. The number of rotatable bonds is 9. The Kier molecular flexibility index (Phi) is 6.31. The normalized spacial score (nSPS) is 19.2. The van der Waals surface area contributed by atoms with E-state index < -0.39 is 11.1 Å². The number of ether oxygens (including phenoxy) is 2. The van der Waals surface area contributed by atoms with Crippen LogP contribution in [0, 0.1) is 11.7 Å². The van der Waals surface area contributed by atoms with Gasteiger partial charge in [-0.2, -0.15) is 5.10 Å². The Labute approximate surface area is 247 Å². The third-order valence-corrected chi connectivity index (χ3v) is 8.76. The first-order valence-corrected chi connectivity index (χ1v) is 14.3. The van der Waals surface area contributed by atoms with Gasteiger partial charge in [0.1, 0.15) is 40.5 Å². The fourth-order valence-electron chi connectivity index (χ4n) is 6.15. The summed E-state index contributed by atoms with van der Waals surface area (Å²) in [6.45, 7) is 2.28. The highest BCUT2D eigenvalue weighted by atomic mass is 19.1. The van der Waals surface area contributed by atoms with Crippen molar-refractivity contribution in [2.45, 2.75) is 43.7 Å². The van der Waals surface area contributed by atoms with E-state index in [1.165, 1.54) is 12.1 Å². The van der Waals surface area contributed by atoms with E-state index in [0.29, 0.717) is 39.5 Å². The number of aromatic nitrogens is 6. The molecule has 1 aliphatic heterocycles. The number of hydrogen-bond acceptors (Lipinski definition) is 8. The number of benzene rings is 2. The topological polar surface area (TPSA) is 117 Å². The summed E-state index contributed by atoms with van der Waals surface area (Å²) in [5, 5.41) is 25.8. The second-order valence-electron chi connectivity index (χ2n) is 11.7. The Morgan fingerprint density at radius 1 is 1.23 bits per heavy atom. The highest BCUT2D eigenvalue weighted by Crippen LogP contribution is 2.52. The van der Waals surface area contributed by atoms with Crippen LogP contribution in [0.15, 0.2) is 61.1 Å². The third kappa shape index (κ3) is 4.55. The number of carbonyl (C=O) groups is 1. The van der Waals surface area contributed by atoms with Crippen molar-refractivity contribution in [3.63, 3.8) is 0 Å². The summed E-state index contributed by atoms with van der Waals surface area (Å²) in [6.07, 6.45) is 7.15. The van der Waals surface area contributed by atoms with Crippen LogP contribution in [0.4, 0.5) is 4.39 Å². The van der Waals surface area contributed by atoms with Gasteiger partial charge in [-0.3, -0.25) is 9.48 Å². The van der Waals surface area contributed by atoms with Crippen molar-refractivity contribution < 1.29 is 23.8 Å². The van der Waals surface area contributed by atoms with Gasteiger partial charge in [0.25, 0.3) is 0 Å². The molecule has 1 N–H and O–H groups in total. The molecule has 2 atom stereocenters. The predicted octanol–water partition coefficient (Wildman–Crippen LogP) is 4.79.